The van der Waals surface area contributed by atoms with Crippen LogP contribution in [0.5, 0.6) is 0 Å². The van der Waals surface area contributed by atoms with Crippen LogP contribution in [-0.4, -0.2) is 87.5 Å². The third-order valence-corrected chi connectivity index (χ3v) is 4.87. The number of aliphatic imine (C=N–C) groups is 1. The van der Waals surface area contributed by atoms with Gasteiger partial charge in [0.25, 0.3) is 0 Å². The Hall–Kier alpha value is -1.66. The summed E-state index contributed by atoms with van der Waals surface area (Å²) in [4.78, 5) is 20.2. The second kappa shape index (κ2) is 13.8. The van der Waals surface area contributed by atoms with E-state index in [2.05, 4.69) is 20.5 Å². The van der Waals surface area contributed by atoms with Gasteiger partial charge >= 0.3 is 6.09 Å². The first-order valence-corrected chi connectivity index (χ1v) is 10.7. The van der Waals surface area contributed by atoms with Gasteiger partial charge in [-0.3, -0.25) is 9.89 Å². The van der Waals surface area contributed by atoms with Crippen LogP contribution in [-0.2, 0) is 9.47 Å². The zero-order valence-electron chi connectivity index (χ0n) is 19.7. The summed E-state index contributed by atoms with van der Waals surface area (Å²) in [6.07, 6.45) is -0.360. The zero-order chi connectivity index (χ0) is 22.9. The van der Waals surface area contributed by atoms with Gasteiger partial charge in [-0.05, 0) is 38.5 Å². The summed E-state index contributed by atoms with van der Waals surface area (Å²) in [5, 5.41) is 6.57. The molecule has 1 aromatic carbocycles. The number of ether oxygens (including phenoxy) is 2. The van der Waals surface area contributed by atoms with Gasteiger partial charge in [0.05, 0.1) is 19.3 Å². The number of halogens is 2. The largest absolute Gasteiger partial charge is 0.444 e. The standard InChI is InChI=1S/C22H36FN5O3.HI/c1-22(2,3)31-21(29)27(5)11-10-25-20(24-4)26-16-19(28-12-14-30-15-13-28)17-6-8-18(23)9-7-17;/h6-9,19H,10-16H2,1-5H3,(H2,24,25,26);1H. The maximum absolute atomic E-state index is 13.4. The number of nitrogens with zero attached hydrogens (tertiary/aromatic N) is 3. The van der Waals surface area contributed by atoms with Gasteiger partial charge in [0.15, 0.2) is 5.96 Å². The molecule has 1 aliphatic rings. The highest BCUT2D eigenvalue weighted by Gasteiger charge is 2.23. The second-order valence-electron chi connectivity index (χ2n) is 8.50. The molecule has 1 heterocycles. The van der Waals surface area contributed by atoms with Crippen molar-refractivity contribution in [3.8, 4) is 0 Å². The summed E-state index contributed by atoms with van der Waals surface area (Å²) in [5.41, 5.74) is 0.515. The van der Waals surface area contributed by atoms with E-state index in [9.17, 15) is 9.18 Å². The van der Waals surface area contributed by atoms with Crippen LogP contribution in [0.15, 0.2) is 29.3 Å². The van der Waals surface area contributed by atoms with Crippen molar-refractivity contribution in [3.05, 3.63) is 35.6 Å². The van der Waals surface area contributed by atoms with Crippen LogP contribution >= 0.6 is 24.0 Å². The summed E-state index contributed by atoms with van der Waals surface area (Å²) < 4.78 is 24.2. The smallest absolute Gasteiger partial charge is 0.410 e. The Kier molecular flexibility index (Phi) is 12.2. The first-order valence-electron chi connectivity index (χ1n) is 10.7. The van der Waals surface area contributed by atoms with Crippen LogP contribution in [0.25, 0.3) is 0 Å². The number of carbonyl (C=O) groups excluding carboxylic acids is 1. The first kappa shape index (κ1) is 28.4. The summed E-state index contributed by atoms with van der Waals surface area (Å²) in [6, 6.07) is 6.68. The van der Waals surface area contributed by atoms with Gasteiger partial charge in [-0.25, -0.2) is 9.18 Å². The molecule has 182 valence electrons. The molecule has 1 unspecified atom stereocenters. The van der Waals surface area contributed by atoms with E-state index >= 15 is 0 Å². The molecular weight excluding hydrogens is 528 g/mol. The van der Waals surface area contributed by atoms with E-state index in [1.54, 1.807) is 14.1 Å². The molecule has 1 aliphatic heterocycles. The summed E-state index contributed by atoms with van der Waals surface area (Å²) in [7, 11) is 3.41. The van der Waals surface area contributed by atoms with Gasteiger partial charge in [0.2, 0.25) is 0 Å². The van der Waals surface area contributed by atoms with Gasteiger partial charge in [0, 0.05) is 46.8 Å². The fourth-order valence-corrected chi connectivity index (χ4v) is 3.22. The summed E-state index contributed by atoms with van der Waals surface area (Å²) in [6.45, 7) is 10.1. The molecule has 0 radical (unpaired) electrons. The Balaban J connectivity index is 0.00000512. The molecule has 2 N–H and O–H groups in total. The van der Waals surface area contributed by atoms with Gasteiger partial charge in [-0.2, -0.15) is 0 Å². The average molecular weight is 565 g/mol. The lowest BCUT2D eigenvalue weighted by Crippen LogP contribution is -2.47. The number of benzene rings is 1. The molecule has 0 bridgehead atoms. The monoisotopic (exact) mass is 565 g/mol. The van der Waals surface area contributed by atoms with E-state index in [-0.39, 0.29) is 41.9 Å². The molecule has 2 rings (SSSR count). The van der Waals surface area contributed by atoms with E-state index < -0.39 is 5.60 Å². The van der Waals surface area contributed by atoms with Crippen molar-refractivity contribution in [2.45, 2.75) is 32.4 Å². The molecule has 0 saturated carbocycles. The third kappa shape index (κ3) is 9.86. The van der Waals surface area contributed by atoms with E-state index in [0.717, 1.165) is 18.7 Å². The summed E-state index contributed by atoms with van der Waals surface area (Å²) >= 11 is 0. The normalized spacial score (nSPS) is 16.0. The maximum Gasteiger partial charge on any atom is 0.410 e. The molecule has 0 spiro atoms. The molecule has 1 aromatic rings. The van der Waals surface area contributed by atoms with Gasteiger partial charge in [-0.1, -0.05) is 12.1 Å². The molecule has 0 aliphatic carbocycles. The minimum atomic E-state index is -0.523. The predicted molar refractivity (Wildman–Crippen MR) is 135 cm³/mol. The number of rotatable bonds is 7. The number of nitrogens with one attached hydrogen (secondary N) is 2. The van der Waals surface area contributed by atoms with Gasteiger partial charge in [0.1, 0.15) is 11.4 Å². The molecular formula is C22H37FIN5O3. The predicted octanol–water partition coefficient (Wildman–Crippen LogP) is 2.85. The first-order chi connectivity index (χ1) is 14.7. The number of likely N-dealkylation sites (N-methyl/N-ethyl adjacent to an activating group) is 1. The fraction of sp³-hybridized carbons (Fsp3) is 0.636. The van der Waals surface area contributed by atoms with Crippen molar-refractivity contribution in [1.82, 2.24) is 20.4 Å². The van der Waals surface area contributed by atoms with Crippen molar-refractivity contribution in [2.75, 3.05) is 60.0 Å². The molecule has 1 saturated heterocycles. The molecule has 0 aromatic heterocycles. The Morgan fingerprint density at radius 3 is 2.44 bits per heavy atom. The van der Waals surface area contributed by atoms with Crippen molar-refractivity contribution in [2.24, 2.45) is 4.99 Å². The van der Waals surface area contributed by atoms with Crippen LogP contribution in [0.1, 0.15) is 32.4 Å². The van der Waals surface area contributed by atoms with Gasteiger partial charge < -0.3 is 25.0 Å². The molecule has 1 atom stereocenters. The maximum atomic E-state index is 13.4. The van der Waals surface area contributed by atoms with Crippen LogP contribution < -0.4 is 10.6 Å². The Morgan fingerprint density at radius 2 is 1.88 bits per heavy atom. The highest BCUT2D eigenvalue weighted by atomic mass is 127. The SMILES string of the molecule is CN=C(NCCN(C)C(=O)OC(C)(C)C)NCC(c1ccc(F)cc1)N1CCOCC1.I. The second-order valence-corrected chi connectivity index (χ2v) is 8.50. The topological polar surface area (TPSA) is 78.4 Å². The Bertz CT molecular complexity index is 721. The number of amides is 1. The van der Waals surface area contributed by atoms with E-state index in [4.69, 9.17) is 9.47 Å². The van der Waals surface area contributed by atoms with E-state index in [0.29, 0.717) is 38.8 Å². The Morgan fingerprint density at radius 1 is 1.25 bits per heavy atom. The lowest BCUT2D eigenvalue weighted by atomic mass is 10.0. The van der Waals surface area contributed by atoms with Crippen molar-refractivity contribution in [1.29, 1.82) is 0 Å². The zero-order valence-corrected chi connectivity index (χ0v) is 22.0. The highest BCUT2D eigenvalue weighted by molar-refractivity contribution is 14.0. The molecule has 32 heavy (non-hydrogen) atoms. The number of guanidine groups is 1. The number of carbonyl (C=O) groups is 1. The number of hydrogen-bond donors (Lipinski definition) is 2. The quantitative estimate of drug-likeness (QED) is 0.301. The average Bonchev–Trinajstić information content (AvgIpc) is 2.73. The van der Waals surface area contributed by atoms with E-state index in [1.165, 1.54) is 17.0 Å². The molecule has 1 amide bonds. The summed E-state index contributed by atoms with van der Waals surface area (Å²) in [5.74, 6) is 0.391. The molecule has 1 fully saturated rings. The van der Waals surface area contributed by atoms with E-state index in [1.807, 2.05) is 32.9 Å². The minimum absolute atomic E-state index is 0. The fourth-order valence-electron chi connectivity index (χ4n) is 3.22. The van der Waals surface area contributed by atoms with Gasteiger partial charge in [-0.15, -0.1) is 24.0 Å². The highest BCUT2D eigenvalue weighted by Crippen LogP contribution is 2.21. The van der Waals surface area contributed by atoms with Crippen molar-refractivity contribution in [3.63, 3.8) is 0 Å². The molecule has 8 nitrogen and oxygen atoms in total. The van der Waals surface area contributed by atoms with Crippen molar-refractivity contribution < 1.29 is 18.7 Å². The Labute approximate surface area is 207 Å². The minimum Gasteiger partial charge on any atom is -0.444 e. The number of hydrogen-bond acceptors (Lipinski definition) is 5. The lowest BCUT2D eigenvalue weighted by Gasteiger charge is -2.35. The molecule has 10 heteroatoms. The van der Waals surface area contributed by atoms with Crippen LogP contribution in [0.3, 0.4) is 0 Å². The third-order valence-electron chi connectivity index (χ3n) is 4.87. The van der Waals surface area contributed by atoms with Crippen LogP contribution in [0.2, 0.25) is 0 Å². The lowest BCUT2D eigenvalue weighted by molar-refractivity contribution is 0.0169. The van der Waals surface area contributed by atoms with Crippen LogP contribution in [0.4, 0.5) is 9.18 Å². The van der Waals surface area contributed by atoms with Crippen molar-refractivity contribution >= 4 is 36.0 Å². The number of morpholine rings is 1. The van der Waals surface area contributed by atoms with Crippen LogP contribution in [0, 0.1) is 5.82 Å².